The van der Waals surface area contributed by atoms with Crippen molar-refractivity contribution < 1.29 is 19.1 Å². The van der Waals surface area contributed by atoms with Crippen molar-refractivity contribution in [2.75, 3.05) is 13.2 Å². The molecule has 3 aromatic heterocycles. The molecule has 0 fully saturated rings. The summed E-state index contributed by atoms with van der Waals surface area (Å²) in [6.45, 7) is 11.9. The fraction of sp³-hybridized carbons (Fsp3) is 0.345. The largest absolute Gasteiger partial charge is 0.462 e. The molecule has 0 aromatic carbocycles. The van der Waals surface area contributed by atoms with Crippen LogP contribution in [-0.2, 0) is 20.8 Å². The zero-order valence-corrected chi connectivity index (χ0v) is 24.2. The summed E-state index contributed by atoms with van der Waals surface area (Å²) in [6.07, 6.45) is 8.98. The molecule has 0 aliphatic rings. The third-order valence-corrected chi connectivity index (χ3v) is 6.20. The van der Waals surface area contributed by atoms with E-state index in [0.717, 1.165) is 5.56 Å². The Morgan fingerprint density at radius 3 is 2.72 bits per heavy atom. The van der Waals surface area contributed by atoms with Crippen molar-refractivity contribution >= 4 is 44.5 Å². The van der Waals surface area contributed by atoms with Crippen LogP contribution in [0.3, 0.4) is 0 Å². The van der Waals surface area contributed by atoms with Gasteiger partial charge in [-0.2, -0.15) is 4.99 Å². The maximum absolute atomic E-state index is 13.6. The van der Waals surface area contributed by atoms with Gasteiger partial charge in [0.15, 0.2) is 5.49 Å². The van der Waals surface area contributed by atoms with Gasteiger partial charge in [0, 0.05) is 23.8 Å². The van der Waals surface area contributed by atoms with Gasteiger partial charge in [0.1, 0.15) is 16.9 Å². The number of nitrogens with zero attached hydrogens (tertiary/aromatic N) is 4. The van der Waals surface area contributed by atoms with Gasteiger partial charge >= 0.3 is 5.97 Å². The molecule has 0 aliphatic carbocycles. The fourth-order valence-corrected chi connectivity index (χ4v) is 4.31. The average molecular weight is 598 g/mol. The minimum absolute atomic E-state index is 0.0145. The first-order valence-corrected chi connectivity index (χ1v) is 13.5. The van der Waals surface area contributed by atoms with Crippen molar-refractivity contribution in [3.05, 3.63) is 86.7 Å². The minimum Gasteiger partial charge on any atom is -0.462 e. The number of carbonyl (C=O) groups excluding carboxylic acids is 2. The molecule has 3 aromatic rings. The van der Waals surface area contributed by atoms with E-state index >= 15 is 0 Å². The van der Waals surface area contributed by atoms with E-state index in [2.05, 4.69) is 27.5 Å². The van der Waals surface area contributed by atoms with E-state index in [1.807, 2.05) is 26.8 Å². The second-order valence-corrected chi connectivity index (χ2v) is 10.0. The Labute approximate surface area is 235 Å². The van der Waals surface area contributed by atoms with Gasteiger partial charge < -0.3 is 14.0 Å². The van der Waals surface area contributed by atoms with Crippen LogP contribution < -0.4 is 11.0 Å². The first kappa shape index (κ1) is 29.9. The predicted molar refractivity (Wildman–Crippen MR) is 155 cm³/mol. The highest BCUT2D eigenvalue weighted by molar-refractivity contribution is 9.11. The number of halogens is 1. The highest BCUT2D eigenvalue weighted by atomic mass is 79.9. The first-order chi connectivity index (χ1) is 18.7. The Morgan fingerprint density at radius 1 is 1.26 bits per heavy atom. The molecule has 0 saturated heterocycles. The number of ether oxygens (including phenoxy) is 2. The molecule has 0 aliphatic heterocycles. The number of hydrogen-bond acceptors (Lipinski definition) is 6. The van der Waals surface area contributed by atoms with E-state index in [9.17, 15) is 14.4 Å². The molecule has 0 N–H and O–H groups in total. The maximum atomic E-state index is 13.6. The van der Waals surface area contributed by atoms with Crippen LogP contribution >= 0.6 is 15.9 Å². The molecular weight excluding hydrogens is 564 g/mol. The zero-order chi connectivity index (χ0) is 28.5. The Kier molecular flexibility index (Phi) is 10.7. The van der Waals surface area contributed by atoms with E-state index in [4.69, 9.17) is 14.5 Å². The van der Waals surface area contributed by atoms with E-state index in [0.29, 0.717) is 35.3 Å². The molecule has 3 heterocycles. The summed E-state index contributed by atoms with van der Waals surface area (Å²) in [4.78, 5) is 48.9. The van der Waals surface area contributed by atoms with E-state index < -0.39 is 11.9 Å². The lowest BCUT2D eigenvalue weighted by atomic mass is 10.2. The summed E-state index contributed by atoms with van der Waals surface area (Å²) in [5, 5.41) is 0.216. The highest BCUT2D eigenvalue weighted by Gasteiger charge is 2.20. The third-order valence-electron chi connectivity index (χ3n) is 5.65. The molecule has 0 radical (unpaired) electrons. The predicted octanol–water partition coefficient (Wildman–Crippen LogP) is 4.79. The summed E-state index contributed by atoms with van der Waals surface area (Å²) in [5.41, 5.74) is 1.36. The first-order valence-electron chi connectivity index (χ1n) is 12.7. The second kappa shape index (κ2) is 14.0. The molecule has 1 amide bonds. The van der Waals surface area contributed by atoms with Crippen LogP contribution in [0.1, 0.15) is 49.5 Å². The molecular formula is C29H33BrN4O5. The molecule has 0 spiro atoms. The fourth-order valence-electron chi connectivity index (χ4n) is 3.92. The molecule has 10 heteroatoms. The van der Waals surface area contributed by atoms with Crippen LogP contribution in [0.25, 0.3) is 16.7 Å². The minimum atomic E-state index is -0.685. The van der Waals surface area contributed by atoms with Crippen LogP contribution in [0, 0.1) is 6.92 Å². The summed E-state index contributed by atoms with van der Waals surface area (Å²) < 4.78 is 14.7. The Balaban J connectivity index is 2.33. The number of aromatic nitrogens is 3. The molecule has 39 heavy (non-hydrogen) atoms. The van der Waals surface area contributed by atoms with Crippen LogP contribution in [-0.4, -0.2) is 45.1 Å². The van der Waals surface area contributed by atoms with Crippen molar-refractivity contribution in [3.8, 4) is 0 Å². The molecule has 0 atom stereocenters. The SMILES string of the molecule is C=C/C=C\C=C(\Br)CC(=O)N=c1c(C(=O)OCC)cc2c(=O)n3cccc(C)c3nc2n1CCCOC(C)C. The topological polar surface area (TPSA) is 104 Å². The highest BCUT2D eigenvalue weighted by Crippen LogP contribution is 2.15. The van der Waals surface area contributed by atoms with Crippen molar-refractivity contribution in [3.63, 3.8) is 0 Å². The van der Waals surface area contributed by atoms with Crippen LogP contribution in [0.4, 0.5) is 0 Å². The average Bonchev–Trinajstić information content (AvgIpc) is 2.88. The van der Waals surface area contributed by atoms with Gasteiger partial charge in [0.05, 0.1) is 24.5 Å². The van der Waals surface area contributed by atoms with Crippen molar-refractivity contribution in [1.29, 1.82) is 0 Å². The van der Waals surface area contributed by atoms with Gasteiger partial charge in [-0.3, -0.25) is 14.0 Å². The summed E-state index contributed by atoms with van der Waals surface area (Å²) >= 11 is 3.39. The van der Waals surface area contributed by atoms with Crippen molar-refractivity contribution in [1.82, 2.24) is 14.0 Å². The number of amides is 1. The van der Waals surface area contributed by atoms with E-state index in [1.165, 1.54) is 10.5 Å². The lowest BCUT2D eigenvalue weighted by molar-refractivity contribution is -0.117. The normalized spacial score (nSPS) is 12.7. The third kappa shape index (κ3) is 7.48. The quantitative estimate of drug-likeness (QED) is 0.136. The Hall–Kier alpha value is -3.63. The van der Waals surface area contributed by atoms with Gasteiger partial charge in [-0.25, -0.2) is 9.78 Å². The maximum Gasteiger partial charge on any atom is 0.341 e. The van der Waals surface area contributed by atoms with Crippen LogP contribution in [0.15, 0.2) is 69.5 Å². The number of esters is 1. The van der Waals surface area contributed by atoms with E-state index in [-0.39, 0.29) is 41.1 Å². The number of aryl methyl sites for hydroxylation is 2. The lowest BCUT2D eigenvalue weighted by Gasteiger charge is -2.16. The molecule has 9 nitrogen and oxygen atoms in total. The summed E-state index contributed by atoms with van der Waals surface area (Å²) in [6, 6.07) is 5.04. The summed E-state index contributed by atoms with van der Waals surface area (Å²) in [5.74, 6) is -1.17. The summed E-state index contributed by atoms with van der Waals surface area (Å²) in [7, 11) is 0. The number of rotatable bonds is 11. The number of carbonyl (C=O) groups is 2. The second-order valence-electron chi connectivity index (χ2n) is 8.98. The van der Waals surface area contributed by atoms with Gasteiger partial charge in [-0.15, -0.1) is 0 Å². The van der Waals surface area contributed by atoms with Crippen molar-refractivity contribution in [2.45, 2.75) is 53.2 Å². The van der Waals surface area contributed by atoms with Gasteiger partial charge in [-0.1, -0.05) is 52.9 Å². The smallest absolute Gasteiger partial charge is 0.341 e. The van der Waals surface area contributed by atoms with Crippen LogP contribution in [0.5, 0.6) is 0 Å². The lowest BCUT2D eigenvalue weighted by Crippen LogP contribution is -2.33. The van der Waals surface area contributed by atoms with Crippen LogP contribution in [0.2, 0.25) is 0 Å². The standard InChI is InChI=1S/C29H33BrN4O5/c1-6-8-9-13-21(30)17-24(35)31-27-23(29(37)38-7-2)18-22-26(33(27)15-11-16-39-19(3)4)32-25-20(5)12-10-14-34(25)28(22)36/h6,8-10,12-14,18-19H,1,7,11,15-17H2,2-5H3/b9-8-,21-13+,31-27?. The molecule has 3 rings (SSSR count). The van der Waals surface area contributed by atoms with Crippen molar-refractivity contribution in [2.24, 2.45) is 4.99 Å². The van der Waals surface area contributed by atoms with Gasteiger partial charge in [0.25, 0.3) is 11.5 Å². The molecule has 0 saturated carbocycles. The number of hydrogen-bond donors (Lipinski definition) is 0. The van der Waals surface area contributed by atoms with E-state index in [1.54, 1.807) is 48.1 Å². The number of fused-ring (bicyclic) bond motifs is 2. The van der Waals surface area contributed by atoms with Gasteiger partial charge in [-0.05, 0) is 51.8 Å². The molecule has 0 unspecified atom stereocenters. The number of allylic oxidation sites excluding steroid dienone is 4. The zero-order valence-electron chi connectivity index (χ0n) is 22.6. The Bertz CT molecular complexity index is 1580. The number of pyridine rings is 2. The molecule has 0 bridgehead atoms. The monoisotopic (exact) mass is 596 g/mol. The van der Waals surface area contributed by atoms with Gasteiger partial charge in [0.2, 0.25) is 0 Å². The molecule has 206 valence electrons. The Morgan fingerprint density at radius 2 is 2.03 bits per heavy atom.